The Balaban J connectivity index is 1.53. The van der Waals surface area contributed by atoms with E-state index in [4.69, 9.17) is 16.3 Å². The summed E-state index contributed by atoms with van der Waals surface area (Å²) in [6, 6.07) is 7.28. The van der Waals surface area contributed by atoms with Gasteiger partial charge in [-0.25, -0.2) is 0 Å². The molecule has 0 N–H and O–H groups in total. The summed E-state index contributed by atoms with van der Waals surface area (Å²) in [7, 11) is 0. The Hall–Kier alpha value is -1.26. The average molecular weight is 337 g/mol. The van der Waals surface area contributed by atoms with E-state index in [9.17, 15) is 4.79 Å². The second-order valence-corrected chi connectivity index (χ2v) is 7.02. The molecule has 1 amide bonds. The fraction of sp³-hybridized carbons (Fsp3) is 0.611. The lowest BCUT2D eigenvalue weighted by atomic mass is 10.3. The van der Waals surface area contributed by atoms with E-state index in [1.54, 1.807) is 19.1 Å². The van der Waals surface area contributed by atoms with Gasteiger partial charge in [0.25, 0.3) is 5.91 Å². The van der Waals surface area contributed by atoms with Crippen LogP contribution >= 0.6 is 11.6 Å². The molecule has 1 aromatic carbocycles. The highest BCUT2D eigenvalue weighted by Gasteiger charge is 2.28. The number of halogens is 1. The third kappa shape index (κ3) is 4.61. The predicted molar refractivity (Wildman–Crippen MR) is 91.9 cm³/mol. The molecule has 0 radical (unpaired) electrons. The van der Waals surface area contributed by atoms with Crippen molar-refractivity contribution in [3.05, 3.63) is 29.3 Å². The predicted octanol–water partition coefficient (Wildman–Crippen LogP) is 3.05. The van der Waals surface area contributed by atoms with E-state index in [0.717, 1.165) is 38.5 Å². The second-order valence-electron chi connectivity index (χ2n) is 6.61. The topological polar surface area (TPSA) is 32.8 Å². The Morgan fingerprint density at radius 1 is 1.26 bits per heavy atom. The minimum atomic E-state index is -0.509. The molecule has 3 rings (SSSR count). The maximum atomic E-state index is 12.6. The molecular weight excluding hydrogens is 312 g/mol. The number of carbonyl (C=O) groups excluding carboxylic acids is 1. The van der Waals surface area contributed by atoms with Crippen LogP contribution in [0, 0.1) is 5.92 Å². The van der Waals surface area contributed by atoms with Crippen LogP contribution in [0.2, 0.25) is 5.02 Å². The highest BCUT2D eigenvalue weighted by Crippen LogP contribution is 2.30. The van der Waals surface area contributed by atoms with Crippen molar-refractivity contribution >= 4 is 17.5 Å². The molecule has 0 aromatic heterocycles. The minimum absolute atomic E-state index is 0.0539. The Morgan fingerprint density at radius 2 is 2.04 bits per heavy atom. The number of benzene rings is 1. The average Bonchev–Trinajstić information content (AvgIpc) is 3.37. The number of hydrogen-bond acceptors (Lipinski definition) is 3. The summed E-state index contributed by atoms with van der Waals surface area (Å²) in [5, 5.41) is 0.540. The fourth-order valence-corrected chi connectivity index (χ4v) is 3.26. The van der Waals surface area contributed by atoms with Crippen molar-refractivity contribution in [2.45, 2.75) is 32.3 Å². The molecule has 126 valence electrons. The number of hydrogen-bond donors (Lipinski definition) is 0. The molecular formula is C18H25ClN2O2. The van der Waals surface area contributed by atoms with Crippen molar-refractivity contribution < 1.29 is 9.53 Å². The van der Waals surface area contributed by atoms with Crippen LogP contribution in [0.4, 0.5) is 0 Å². The molecule has 1 aromatic rings. The van der Waals surface area contributed by atoms with E-state index < -0.39 is 6.10 Å². The zero-order valence-electron chi connectivity index (χ0n) is 13.7. The third-order valence-electron chi connectivity index (χ3n) is 4.60. The van der Waals surface area contributed by atoms with Crippen molar-refractivity contribution in [1.29, 1.82) is 0 Å². The molecule has 2 fully saturated rings. The summed E-state index contributed by atoms with van der Waals surface area (Å²) in [5.74, 6) is 1.53. The number of para-hydroxylation sites is 1. The summed E-state index contributed by atoms with van der Waals surface area (Å²) >= 11 is 6.10. The van der Waals surface area contributed by atoms with Gasteiger partial charge in [-0.3, -0.25) is 4.79 Å². The van der Waals surface area contributed by atoms with Crippen molar-refractivity contribution in [3.63, 3.8) is 0 Å². The van der Waals surface area contributed by atoms with Crippen molar-refractivity contribution in [2.24, 2.45) is 5.92 Å². The van der Waals surface area contributed by atoms with Gasteiger partial charge in [0, 0.05) is 26.2 Å². The molecule has 1 unspecified atom stereocenters. The van der Waals surface area contributed by atoms with E-state index in [-0.39, 0.29) is 5.91 Å². The molecule has 1 atom stereocenters. The molecule has 1 aliphatic carbocycles. The molecule has 1 aliphatic heterocycles. The number of carbonyl (C=O) groups is 1. The van der Waals surface area contributed by atoms with Gasteiger partial charge in [-0.15, -0.1) is 0 Å². The SMILES string of the molecule is CC(Oc1ccccc1Cl)C(=O)N1CCCN(CC2CC2)CC1. The lowest BCUT2D eigenvalue weighted by molar-refractivity contribution is -0.137. The van der Waals surface area contributed by atoms with Crippen LogP contribution < -0.4 is 4.74 Å². The summed E-state index contributed by atoms with van der Waals surface area (Å²) < 4.78 is 5.77. The monoisotopic (exact) mass is 336 g/mol. The highest BCUT2D eigenvalue weighted by atomic mass is 35.5. The molecule has 23 heavy (non-hydrogen) atoms. The maximum absolute atomic E-state index is 12.6. The van der Waals surface area contributed by atoms with E-state index in [0.29, 0.717) is 10.8 Å². The Labute approximate surface area is 143 Å². The van der Waals surface area contributed by atoms with Crippen LogP contribution in [0.25, 0.3) is 0 Å². The zero-order valence-corrected chi connectivity index (χ0v) is 14.5. The van der Waals surface area contributed by atoms with Crippen LogP contribution in [0.3, 0.4) is 0 Å². The van der Waals surface area contributed by atoms with Crippen LogP contribution in [-0.2, 0) is 4.79 Å². The largest absolute Gasteiger partial charge is 0.479 e. The van der Waals surface area contributed by atoms with Gasteiger partial charge in [0.2, 0.25) is 0 Å². The van der Waals surface area contributed by atoms with Gasteiger partial charge < -0.3 is 14.5 Å². The van der Waals surface area contributed by atoms with Crippen LogP contribution in [-0.4, -0.2) is 54.5 Å². The van der Waals surface area contributed by atoms with Gasteiger partial charge in [0.1, 0.15) is 5.75 Å². The summed E-state index contributed by atoms with van der Waals surface area (Å²) in [4.78, 5) is 17.1. The highest BCUT2D eigenvalue weighted by molar-refractivity contribution is 6.32. The third-order valence-corrected chi connectivity index (χ3v) is 4.91. The first-order valence-corrected chi connectivity index (χ1v) is 8.93. The lowest BCUT2D eigenvalue weighted by Gasteiger charge is -2.25. The molecule has 1 heterocycles. The molecule has 1 saturated heterocycles. The standard InChI is InChI=1S/C18H25ClN2O2/c1-14(23-17-6-3-2-5-16(17)19)18(22)21-10-4-9-20(11-12-21)13-15-7-8-15/h2-3,5-6,14-15H,4,7-13H2,1H3. The quantitative estimate of drug-likeness (QED) is 0.828. The van der Waals surface area contributed by atoms with E-state index in [1.807, 2.05) is 17.0 Å². The van der Waals surface area contributed by atoms with Gasteiger partial charge in [-0.2, -0.15) is 0 Å². The zero-order chi connectivity index (χ0) is 16.2. The van der Waals surface area contributed by atoms with E-state index in [1.165, 1.54) is 19.4 Å². The number of rotatable bonds is 5. The summed E-state index contributed by atoms with van der Waals surface area (Å²) in [6.45, 7) is 6.69. The fourth-order valence-electron chi connectivity index (χ4n) is 3.08. The lowest BCUT2D eigenvalue weighted by Crippen LogP contribution is -2.42. The first-order chi connectivity index (χ1) is 11.1. The van der Waals surface area contributed by atoms with Gasteiger partial charge >= 0.3 is 0 Å². The molecule has 2 aliphatic rings. The number of amides is 1. The van der Waals surface area contributed by atoms with E-state index >= 15 is 0 Å². The molecule has 0 spiro atoms. The molecule has 1 saturated carbocycles. The van der Waals surface area contributed by atoms with E-state index in [2.05, 4.69) is 4.90 Å². The molecule has 4 nitrogen and oxygen atoms in total. The Morgan fingerprint density at radius 3 is 2.78 bits per heavy atom. The Kier molecular flexibility index (Phi) is 5.44. The second kappa shape index (κ2) is 7.54. The minimum Gasteiger partial charge on any atom is -0.479 e. The normalized spacial score (nSPS) is 20.9. The van der Waals surface area contributed by atoms with Crippen molar-refractivity contribution in [1.82, 2.24) is 9.80 Å². The maximum Gasteiger partial charge on any atom is 0.263 e. The van der Waals surface area contributed by atoms with Crippen molar-refractivity contribution in [2.75, 3.05) is 32.7 Å². The van der Waals surface area contributed by atoms with Crippen LogP contribution in [0.5, 0.6) is 5.75 Å². The first kappa shape index (κ1) is 16.6. The van der Waals surface area contributed by atoms with Gasteiger partial charge in [-0.1, -0.05) is 23.7 Å². The van der Waals surface area contributed by atoms with Gasteiger partial charge in [0.05, 0.1) is 5.02 Å². The van der Waals surface area contributed by atoms with Gasteiger partial charge in [-0.05, 0) is 50.8 Å². The molecule has 0 bridgehead atoms. The number of ether oxygens (including phenoxy) is 1. The van der Waals surface area contributed by atoms with Crippen LogP contribution in [0.1, 0.15) is 26.2 Å². The number of nitrogens with zero attached hydrogens (tertiary/aromatic N) is 2. The smallest absolute Gasteiger partial charge is 0.263 e. The molecule has 5 heteroatoms. The summed E-state index contributed by atoms with van der Waals surface area (Å²) in [6.07, 6.45) is 3.28. The van der Waals surface area contributed by atoms with Gasteiger partial charge in [0.15, 0.2) is 6.10 Å². The van der Waals surface area contributed by atoms with Crippen LogP contribution in [0.15, 0.2) is 24.3 Å². The first-order valence-electron chi connectivity index (χ1n) is 8.56. The summed E-state index contributed by atoms with van der Waals surface area (Å²) in [5.41, 5.74) is 0. The Bertz CT molecular complexity index is 548. The van der Waals surface area contributed by atoms with Crippen molar-refractivity contribution in [3.8, 4) is 5.75 Å².